The van der Waals surface area contributed by atoms with Crippen LogP contribution in [0, 0.1) is 25.2 Å². The van der Waals surface area contributed by atoms with Crippen molar-refractivity contribution in [3.63, 3.8) is 0 Å². The van der Waals surface area contributed by atoms with Gasteiger partial charge in [-0.25, -0.2) is 0 Å². The highest BCUT2D eigenvalue weighted by atomic mass is 32.2. The Labute approximate surface area is 172 Å². The number of nitriles is 1. The van der Waals surface area contributed by atoms with E-state index in [1.807, 2.05) is 35.2 Å². The van der Waals surface area contributed by atoms with Crippen molar-refractivity contribution in [2.24, 2.45) is 0 Å². The number of benzene rings is 2. The molecule has 1 fully saturated rings. The summed E-state index contributed by atoms with van der Waals surface area (Å²) in [6.07, 6.45) is 0.554. The van der Waals surface area contributed by atoms with Gasteiger partial charge in [0.15, 0.2) is 0 Å². The van der Waals surface area contributed by atoms with Crippen molar-refractivity contribution < 1.29 is 4.79 Å². The second-order valence-corrected chi connectivity index (χ2v) is 8.37. The van der Waals surface area contributed by atoms with Gasteiger partial charge >= 0.3 is 0 Å². The summed E-state index contributed by atoms with van der Waals surface area (Å²) < 4.78 is 0. The predicted octanol–water partition coefficient (Wildman–Crippen LogP) is 4.19. The number of amides is 1. The van der Waals surface area contributed by atoms with Crippen molar-refractivity contribution in [1.82, 2.24) is 9.80 Å². The van der Waals surface area contributed by atoms with Crippen molar-refractivity contribution in [2.75, 3.05) is 31.9 Å². The first-order chi connectivity index (χ1) is 13.6. The Morgan fingerprint density at radius 1 is 1.07 bits per heavy atom. The standard InChI is InChI=1S/C23H27N3OS/c1-18-8-9-21(16-19(18)2)28-15-10-23(27)26-13-11-25(12-14-26)22(17-24)20-6-4-3-5-7-20/h3-9,16,22H,10-15H2,1-2H3. The maximum atomic E-state index is 12.6. The third kappa shape index (κ3) is 5.15. The highest BCUT2D eigenvalue weighted by Crippen LogP contribution is 2.23. The minimum absolute atomic E-state index is 0.212. The number of hydrogen-bond acceptors (Lipinski definition) is 4. The lowest BCUT2D eigenvalue weighted by Crippen LogP contribution is -2.49. The molecule has 1 amide bonds. The largest absolute Gasteiger partial charge is 0.340 e. The Hall–Kier alpha value is -2.29. The van der Waals surface area contributed by atoms with Gasteiger partial charge in [-0.15, -0.1) is 11.8 Å². The van der Waals surface area contributed by atoms with Crippen LogP contribution in [0.1, 0.15) is 29.2 Å². The fourth-order valence-electron chi connectivity index (χ4n) is 3.45. The fraction of sp³-hybridized carbons (Fsp3) is 0.391. The SMILES string of the molecule is Cc1ccc(SCCC(=O)N2CCN(C(C#N)c3ccccc3)CC2)cc1C. The molecule has 0 radical (unpaired) electrons. The second-order valence-electron chi connectivity index (χ2n) is 7.20. The van der Waals surface area contributed by atoms with Gasteiger partial charge in [0, 0.05) is 43.2 Å². The molecule has 1 aliphatic rings. The van der Waals surface area contributed by atoms with Crippen molar-refractivity contribution in [3.05, 3.63) is 65.2 Å². The number of carbonyl (C=O) groups excluding carboxylic acids is 1. The summed E-state index contributed by atoms with van der Waals surface area (Å²) >= 11 is 1.74. The lowest BCUT2D eigenvalue weighted by Gasteiger charge is -2.37. The molecular formula is C23H27N3OS. The average molecular weight is 394 g/mol. The monoisotopic (exact) mass is 393 g/mol. The van der Waals surface area contributed by atoms with Crippen LogP contribution in [0.5, 0.6) is 0 Å². The van der Waals surface area contributed by atoms with E-state index in [-0.39, 0.29) is 11.9 Å². The second kappa shape index (κ2) is 9.77. The van der Waals surface area contributed by atoms with Crippen LogP contribution in [0.3, 0.4) is 0 Å². The molecular weight excluding hydrogens is 366 g/mol. The van der Waals surface area contributed by atoms with E-state index in [9.17, 15) is 10.1 Å². The van der Waals surface area contributed by atoms with Crippen LogP contribution in [0.4, 0.5) is 0 Å². The van der Waals surface area contributed by atoms with Crippen LogP contribution in [0.2, 0.25) is 0 Å². The number of aryl methyl sites for hydroxylation is 2. The highest BCUT2D eigenvalue weighted by Gasteiger charge is 2.26. The Balaban J connectivity index is 1.46. The predicted molar refractivity (Wildman–Crippen MR) is 114 cm³/mol. The maximum Gasteiger partial charge on any atom is 0.223 e. The minimum Gasteiger partial charge on any atom is -0.340 e. The van der Waals surface area contributed by atoms with E-state index >= 15 is 0 Å². The molecule has 2 aromatic rings. The van der Waals surface area contributed by atoms with E-state index in [0.29, 0.717) is 19.5 Å². The molecule has 3 rings (SSSR count). The summed E-state index contributed by atoms with van der Waals surface area (Å²) in [6, 6.07) is 18.5. The number of rotatable bonds is 6. The summed E-state index contributed by atoms with van der Waals surface area (Å²) in [5.41, 5.74) is 3.61. The van der Waals surface area contributed by atoms with E-state index in [2.05, 4.69) is 43.0 Å². The Kier molecular flexibility index (Phi) is 7.13. The average Bonchev–Trinajstić information content (AvgIpc) is 2.72. The van der Waals surface area contributed by atoms with E-state index < -0.39 is 0 Å². The van der Waals surface area contributed by atoms with Gasteiger partial charge in [0.1, 0.15) is 6.04 Å². The van der Waals surface area contributed by atoms with Crippen LogP contribution in [0.15, 0.2) is 53.4 Å². The molecule has 1 heterocycles. The van der Waals surface area contributed by atoms with Gasteiger partial charge in [-0.1, -0.05) is 36.4 Å². The van der Waals surface area contributed by atoms with Crippen LogP contribution in [-0.4, -0.2) is 47.6 Å². The Bertz CT molecular complexity index is 839. The number of piperazine rings is 1. The number of hydrogen-bond donors (Lipinski definition) is 0. The lowest BCUT2D eigenvalue weighted by atomic mass is 10.1. The number of nitrogens with zero attached hydrogens (tertiary/aromatic N) is 3. The topological polar surface area (TPSA) is 47.3 Å². The molecule has 28 heavy (non-hydrogen) atoms. The summed E-state index contributed by atoms with van der Waals surface area (Å²) in [4.78, 5) is 17.9. The van der Waals surface area contributed by atoms with E-state index in [1.54, 1.807) is 11.8 Å². The highest BCUT2D eigenvalue weighted by molar-refractivity contribution is 7.99. The number of thioether (sulfide) groups is 1. The molecule has 146 valence electrons. The van der Waals surface area contributed by atoms with E-state index in [1.165, 1.54) is 16.0 Å². The minimum atomic E-state index is -0.237. The molecule has 0 saturated carbocycles. The first-order valence-electron chi connectivity index (χ1n) is 9.75. The Morgan fingerprint density at radius 3 is 2.43 bits per heavy atom. The summed E-state index contributed by atoms with van der Waals surface area (Å²) in [6.45, 7) is 7.10. The van der Waals surface area contributed by atoms with Gasteiger partial charge in [-0.05, 0) is 42.7 Å². The van der Waals surface area contributed by atoms with Gasteiger partial charge in [0.25, 0.3) is 0 Å². The Morgan fingerprint density at radius 2 is 1.79 bits per heavy atom. The van der Waals surface area contributed by atoms with Gasteiger partial charge in [-0.3, -0.25) is 9.69 Å². The van der Waals surface area contributed by atoms with Crippen molar-refractivity contribution >= 4 is 17.7 Å². The van der Waals surface area contributed by atoms with Crippen molar-refractivity contribution in [3.8, 4) is 6.07 Å². The normalized spacial score (nSPS) is 15.8. The van der Waals surface area contributed by atoms with Crippen LogP contribution < -0.4 is 0 Å². The third-order valence-corrected chi connectivity index (χ3v) is 6.33. The molecule has 1 atom stereocenters. The first-order valence-corrected chi connectivity index (χ1v) is 10.7. The zero-order chi connectivity index (χ0) is 19.9. The quantitative estimate of drug-likeness (QED) is 0.690. The van der Waals surface area contributed by atoms with Crippen molar-refractivity contribution in [2.45, 2.75) is 31.2 Å². The van der Waals surface area contributed by atoms with Gasteiger partial charge in [-0.2, -0.15) is 5.26 Å². The molecule has 0 N–H and O–H groups in total. The maximum absolute atomic E-state index is 12.6. The molecule has 2 aromatic carbocycles. The molecule has 0 aromatic heterocycles. The molecule has 5 heteroatoms. The summed E-state index contributed by atoms with van der Waals surface area (Å²) in [7, 11) is 0. The molecule has 1 saturated heterocycles. The van der Waals surface area contributed by atoms with Crippen LogP contribution in [-0.2, 0) is 4.79 Å². The smallest absolute Gasteiger partial charge is 0.223 e. The van der Waals surface area contributed by atoms with Crippen LogP contribution >= 0.6 is 11.8 Å². The van der Waals surface area contributed by atoms with E-state index in [0.717, 1.165) is 24.4 Å². The molecule has 0 bridgehead atoms. The summed E-state index contributed by atoms with van der Waals surface area (Å²) in [5, 5.41) is 9.59. The third-order valence-electron chi connectivity index (χ3n) is 5.33. The van der Waals surface area contributed by atoms with Crippen LogP contribution in [0.25, 0.3) is 0 Å². The van der Waals surface area contributed by atoms with E-state index in [4.69, 9.17) is 0 Å². The van der Waals surface area contributed by atoms with Crippen molar-refractivity contribution in [1.29, 1.82) is 5.26 Å². The number of carbonyl (C=O) groups is 1. The lowest BCUT2D eigenvalue weighted by molar-refractivity contribution is -0.132. The zero-order valence-corrected chi connectivity index (χ0v) is 17.4. The van der Waals surface area contributed by atoms with Gasteiger partial charge < -0.3 is 4.90 Å². The molecule has 4 nitrogen and oxygen atoms in total. The molecule has 0 spiro atoms. The first kappa shape index (κ1) is 20.4. The zero-order valence-electron chi connectivity index (χ0n) is 16.6. The summed E-state index contributed by atoms with van der Waals surface area (Å²) in [5.74, 6) is 1.01. The molecule has 1 unspecified atom stereocenters. The van der Waals surface area contributed by atoms with Gasteiger partial charge in [0.05, 0.1) is 6.07 Å². The van der Waals surface area contributed by atoms with Gasteiger partial charge in [0.2, 0.25) is 5.91 Å². The fourth-order valence-corrected chi connectivity index (χ4v) is 4.39. The molecule has 1 aliphatic heterocycles. The molecule has 0 aliphatic carbocycles.